The number of thiophene rings is 1. The van der Waals surface area contributed by atoms with Gasteiger partial charge in [0.15, 0.2) is 6.61 Å². The Bertz CT molecular complexity index is 545. The Balaban J connectivity index is 2.01. The molecule has 18 heavy (non-hydrogen) atoms. The topological polar surface area (TPSA) is 46.5 Å². The Morgan fingerprint density at radius 2 is 2.06 bits per heavy atom. The summed E-state index contributed by atoms with van der Waals surface area (Å²) >= 11 is 1.46. The first-order valence-corrected chi connectivity index (χ1v) is 6.43. The summed E-state index contributed by atoms with van der Waals surface area (Å²) in [4.78, 5) is 13.7. The number of hydrogen-bond acceptors (Lipinski definition) is 4. The van der Waals surface area contributed by atoms with Crippen LogP contribution >= 0.6 is 11.3 Å². The predicted octanol–water partition coefficient (Wildman–Crippen LogP) is 2.81. The summed E-state index contributed by atoms with van der Waals surface area (Å²) in [5, 5.41) is 9.14. The standard InChI is InChI=1S/C14H14O3S/c1-10-6-7-14(18-10)12(16)9-17-13-5-3-2-4-11(13)8-15/h2-7,15H,8-9H2,1H3. The van der Waals surface area contributed by atoms with E-state index in [2.05, 4.69) is 0 Å². The van der Waals surface area contributed by atoms with Crippen LogP contribution in [0.2, 0.25) is 0 Å². The first-order chi connectivity index (χ1) is 8.70. The van der Waals surface area contributed by atoms with Gasteiger partial charge in [-0.15, -0.1) is 11.3 Å². The lowest BCUT2D eigenvalue weighted by atomic mass is 10.2. The molecule has 1 heterocycles. The second-order valence-electron chi connectivity index (χ2n) is 3.89. The third-order valence-corrected chi connectivity index (χ3v) is 3.56. The fourth-order valence-electron chi connectivity index (χ4n) is 1.57. The van der Waals surface area contributed by atoms with Gasteiger partial charge in [0.25, 0.3) is 0 Å². The van der Waals surface area contributed by atoms with Gasteiger partial charge in [-0.3, -0.25) is 4.79 Å². The first-order valence-electron chi connectivity index (χ1n) is 5.62. The number of ether oxygens (including phenoxy) is 1. The zero-order valence-corrected chi connectivity index (χ0v) is 10.9. The van der Waals surface area contributed by atoms with Crippen LogP contribution < -0.4 is 4.74 Å². The average Bonchev–Trinajstić information content (AvgIpc) is 2.83. The number of para-hydroxylation sites is 1. The monoisotopic (exact) mass is 262 g/mol. The Morgan fingerprint density at radius 1 is 1.28 bits per heavy atom. The van der Waals surface area contributed by atoms with Crippen molar-refractivity contribution in [3.63, 3.8) is 0 Å². The molecule has 0 radical (unpaired) electrons. The van der Waals surface area contributed by atoms with E-state index in [9.17, 15) is 4.79 Å². The lowest BCUT2D eigenvalue weighted by Gasteiger charge is -2.08. The molecule has 1 aromatic carbocycles. The lowest BCUT2D eigenvalue weighted by Crippen LogP contribution is -2.11. The van der Waals surface area contributed by atoms with Gasteiger partial charge in [-0.05, 0) is 25.1 Å². The summed E-state index contributed by atoms with van der Waals surface area (Å²) in [6.07, 6.45) is 0. The number of rotatable bonds is 5. The largest absolute Gasteiger partial charge is 0.485 e. The number of aliphatic hydroxyl groups is 1. The predicted molar refractivity (Wildman–Crippen MR) is 71.2 cm³/mol. The Labute approximate surface area is 110 Å². The molecule has 1 aromatic heterocycles. The fraction of sp³-hybridized carbons (Fsp3) is 0.214. The van der Waals surface area contributed by atoms with E-state index in [1.54, 1.807) is 12.1 Å². The van der Waals surface area contributed by atoms with Gasteiger partial charge in [0, 0.05) is 10.4 Å². The second-order valence-corrected chi connectivity index (χ2v) is 5.18. The number of ketones is 1. The van der Waals surface area contributed by atoms with E-state index in [1.807, 2.05) is 31.2 Å². The van der Waals surface area contributed by atoms with Crippen molar-refractivity contribution in [3.05, 3.63) is 51.7 Å². The lowest BCUT2D eigenvalue weighted by molar-refractivity contribution is 0.0923. The molecule has 2 rings (SSSR count). The minimum absolute atomic E-state index is 0.00301. The van der Waals surface area contributed by atoms with E-state index in [0.717, 1.165) is 4.88 Å². The molecule has 2 aromatic rings. The summed E-state index contributed by atoms with van der Waals surface area (Å²) in [5.41, 5.74) is 0.688. The first kappa shape index (κ1) is 12.8. The average molecular weight is 262 g/mol. The van der Waals surface area contributed by atoms with Crippen molar-refractivity contribution in [2.24, 2.45) is 0 Å². The second kappa shape index (κ2) is 5.80. The molecule has 0 atom stereocenters. The van der Waals surface area contributed by atoms with E-state index in [1.165, 1.54) is 11.3 Å². The molecule has 0 unspecified atom stereocenters. The number of benzene rings is 1. The maximum absolute atomic E-state index is 11.9. The van der Waals surface area contributed by atoms with Crippen molar-refractivity contribution < 1.29 is 14.6 Å². The maximum atomic E-state index is 11.9. The van der Waals surface area contributed by atoms with Crippen LogP contribution in [0.4, 0.5) is 0 Å². The van der Waals surface area contributed by atoms with Crippen LogP contribution in [0.3, 0.4) is 0 Å². The molecular weight excluding hydrogens is 248 g/mol. The van der Waals surface area contributed by atoms with Gasteiger partial charge in [-0.1, -0.05) is 18.2 Å². The molecule has 4 heteroatoms. The third-order valence-electron chi connectivity index (χ3n) is 2.52. The SMILES string of the molecule is Cc1ccc(C(=O)COc2ccccc2CO)s1. The molecule has 94 valence electrons. The van der Waals surface area contributed by atoms with Crippen LogP contribution in [-0.4, -0.2) is 17.5 Å². The molecule has 1 N–H and O–H groups in total. The smallest absolute Gasteiger partial charge is 0.210 e. The van der Waals surface area contributed by atoms with E-state index in [4.69, 9.17) is 9.84 Å². The molecule has 0 aliphatic carbocycles. The summed E-state index contributed by atoms with van der Waals surface area (Å²) in [6.45, 7) is 1.86. The van der Waals surface area contributed by atoms with E-state index >= 15 is 0 Å². The Kier molecular flexibility index (Phi) is 4.12. The Morgan fingerprint density at radius 3 is 2.72 bits per heavy atom. The minimum Gasteiger partial charge on any atom is -0.485 e. The third kappa shape index (κ3) is 2.97. The summed E-state index contributed by atoms with van der Waals surface area (Å²) < 4.78 is 5.45. The minimum atomic E-state index is -0.0948. The van der Waals surface area contributed by atoms with Crippen molar-refractivity contribution in [2.75, 3.05) is 6.61 Å². The van der Waals surface area contributed by atoms with E-state index in [-0.39, 0.29) is 19.0 Å². The van der Waals surface area contributed by atoms with Gasteiger partial charge in [-0.25, -0.2) is 0 Å². The summed E-state index contributed by atoms with van der Waals surface area (Å²) in [5.74, 6) is 0.516. The summed E-state index contributed by atoms with van der Waals surface area (Å²) in [6, 6.07) is 10.9. The molecule has 0 saturated heterocycles. The van der Waals surface area contributed by atoms with Crippen molar-refractivity contribution >= 4 is 17.1 Å². The highest BCUT2D eigenvalue weighted by molar-refractivity contribution is 7.14. The van der Waals surface area contributed by atoms with Crippen molar-refractivity contribution in [2.45, 2.75) is 13.5 Å². The molecule has 0 aliphatic rings. The maximum Gasteiger partial charge on any atom is 0.210 e. The number of Topliss-reactive ketones (excluding diaryl/α,β-unsaturated/α-hetero) is 1. The summed E-state index contributed by atoms with van der Waals surface area (Å²) in [7, 11) is 0. The van der Waals surface area contributed by atoms with Crippen LogP contribution in [0.1, 0.15) is 20.1 Å². The normalized spacial score (nSPS) is 10.3. The number of aryl methyl sites for hydroxylation is 1. The molecule has 3 nitrogen and oxygen atoms in total. The van der Waals surface area contributed by atoms with Gasteiger partial charge >= 0.3 is 0 Å². The van der Waals surface area contributed by atoms with Crippen molar-refractivity contribution in [1.29, 1.82) is 0 Å². The van der Waals surface area contributed by atoms with Crippen LogP contribution in [0.25, 0.3) is 0 Å². The van der Waals surface area contributed by atoms with Gasteiger partial charge < -0.3 is 9.84 Å². The van der Waals surface area contributed by atoms with E-state index in [0.29, 0.717) is 16.2 Å². The molecule has 0 fully saturated rings. The van der Waals surface area contributed by atoms with Gasteiger partial charge in [0.2, 0.25) is 5.78 Å². The molecular formula is C14H14O3S. The zero-order valence-electron chi connectivity index (χ0n) is 10.1. The van der Waals surface area contributed by atoms with Gasteiger partial charge in [0.05, 0.1) is 11.5 Å². The molecule has 0 spiro atoms. The number of carbonyl (C=O) groups is 1. The zero-order chi connectivity index (χ0) is 13.0. The van der Waals surface area contributed by atoms with Crippen LogP contribution in [0, 0.1) is 6.92 Å². The molecule has 0 aliphatic heterocycles. The number of hydrogen-bond donors (Lipinski definition) is 1. The van der Waals surface area contributed by atoms with Crippen LogP contribution in [0.15, 0.2) is 36.4 Å². The molecule has 0 amide bonds. The number of carbonyl (C=O) groups excluding carboxylic acids is 1. The number of aliphatic hydroxyl groups excluding tert-OH is 1. The van der Waals surface area contributed by atoms with E-state index < -0.39 is 0 Å². The van der Waals surface area contributed by atoms with Crippen LogP contribution in [0.5, 0.6) is 5.75 Å². The Hall–Kier alpha value is -1.65. The highest BCUT2D eigenvalue weighted by Crippen LogP contribution is 2.19. The van der Waals surface area contributed by atoms with Gasteiger partial charge in [-0.2, -0.15) is 0 Å². The highest BCUT2D eigenvalue weighted by Gasteiger charge is 2.10. The molecule has 0 saturated carbocycles. The van der Waals surface area contributed by atoms with Gasteiger partial charge in [0.1, 0.15) is 5.75 Å². The quantitative estimate of drug-likeness (QED) is 0.843. The fourth-order valence-corrected chi connectivity index (χ4v) is 2.37. The van der Waals surface area contributed by atoms with Crippen molar-refractivity contribution in [3.8, 4) is 5.75 Å². The van der Waals surface area contributed by atoms with Crippen molar-refractivity contribution in [1.82, 2.24) is 0 Å². The molecule has 0 bridgehead atoms. The van der Waals surface area contributed by atoms with Crippen LogP contribution in [-0.2, 0) is 6.61 Å². The highest BCUT2D eigenvalue weighted by atomic mass is 32.1.